The lowest BCUT2D eigenvalue weighted by Crippen LogP contribution is -2.44. The van der Waals surface area contributed by atoms with Crippen molar-refractivity contribution in [3.63, 3.8) is 0 Å². The molecule has 0 bridgehead atoms. The SMILES string of the molecule is CC[n+]1c(-c2cc3cc4c5c(c3oc2=O)C(C)(C)CCN5CCC4(C)C)sc2ccccc21. The van der Waals surface area contributed by atoms with Crippen molar-refractivity contribution in [1.29, 1.82) is 0 Å². The summed E-state index contributed by atoms with van der Waals surface area (Å²) in [7, 11) is 0. The third-order valence-electron chi connectivity index (χ3n) is 7.89. The highest BCUT2D eigenvalue weighted by Gasteiger charge is 2.42. The molecule has 4 heterocycles. The summed E-state index contributed by atoms with van der Waals surface area (Å²) >= 11 is 1.67. The third kappa shape index (κ3) is 2.94. The summed E-state index contributed by atoms with van der Waals surface area (Å²) in [5, 5.41) is 2.02. The first-order valence-corrected chi connectivity index (χ1v) is 12.9. The zero-order valence-electron chi connectivity index (χ0n) is 20.1. The molecule has 0 fully saturated rings. The molecule has 5 heteroatoms. The number of rotatable bonds is 2. The van der Waals surface area contributed by atoms with E-state index >= 15 is 0 Å². The molecule has 0 unspecified atom stereocenters. The molecule has 0 saturated carbocycles. The van der Waals surface area contributed by atoms with Crippen LogP contribution in [0.15, 0.2) is 45.6 Å². The molecule has 2 aromatic carbocycles. The van der Waals surface area contributed by atoms with Gasteiger partial charge < -0.3 is 9.32 Å². The fraction of sp³-hybridized carbons (Fsp3) is 0.429. The normalized spacial score (nSPS) is 18.6. The maximum absolute atomic E-state index is 13.5. The molecule has 0 saturated heterocycles. The third-order valence-corrected chi connectivity index (χ3v) is 9.08. The number of hydrogen-bond acceptors (Lipinski definition) is 4. The van der Waals surface area contributed by atoms with Crippen LogP contribution in [0.3, 0.4) is 0 Å². The summed E-state index contributed by atoms with van der Waals surface area (Å²) in [6, 6.07) is 12.8. The number of aryl methyl sites for hydroxylation is 1. The molecular weight excluding hydrogens is 428 g/mol. The Labute approximate surface area is 198 Å². The van der Waals surface area contributed by atoms with E-state index in [1.54, 1.807) is 11.3 Å². The van der Waals surface area contributed by atoms with Crippen LogP contribution < -0.4 is 15.1 Å². The molecule has 0 atom stereocenters. The van der Waals surface area contributed by atoms with Crippen LogP contribution in [-0.4, -0.2) is 13.1 Å². The highest BCUT2D eigenvalue weighted by molar-refractivity contribution is 7.21. The molecule has 2 aliphatic heterocycles. The zero-order chi connectivity index (χ0) is 23.1. The van der Waals surface area contributed by atoms with Crippen molar-refractivity contribution in [2.45, 2.75) is 64.8 Å². The summed E-state index contributed by atoms with van der Waals surface area (Å²) in [5.74, 6) is 0. The number of fused-ring (bicyclic) bond motifs is 3. The number of nitrogens with zero attached hydrogens (tertiary/aromatic N) is 2. The van der Waals surface area contributed by atoms with E-state index in [0.29, 0.717) is 5.56 Å². The smallest absolute Gasteiger partial charge is 0.351 e. The molecule has 0 N–H and O–H groups in total. The first-order valence-electron chi connectivity index (χ1n) is 12.0. The zero-order valence-corrected chi connectivity index (χ0v) is 20.9. The Balaban J connectivity index is 1.69. The lowest BCUT2D eigenvalue weighted by Gasteiger charge is -2.48. The molecule has 2 aromatic heterocycles. The van der Waals surface area contributed by atoms with Crippen LogP contribution in [0.25, 0.3) is 31.8 Å². The fourth-order valence-corrected chi connectivity index (χ4v) is 7.08. The van der Waals surface area contributed by atoms with Gasteiger partial charge in [-0.25, -0.2) is 4.79 Å². The van der Waals surface area contributed by atoms with Gasteiger partial charge in [0.15, 0.2) is 0 Å². The highest BCUT2D eigenvalue weighted by atomic mass is 32.1. The largest absolute Gasteiger partial charge is 0.422 e. The van der Waals surface area contributed by atoms with Crippen LogP contribution in [0.5, 0.6) is 0 Å². The molecule has 2 aliphatic rings. The van der Waals surface area contributed by atoms with Gasteiger partial charge in [-0.15, -0.1) is 0 Å². The van der Waals surface area contributed by atoms with E-state index < -0.39 is 0 Å². The molecule has 4 aromatic rings. The van der Waals surface area contributed by atoms with Crippen molar-refractivity contribution < 1.29 is 8.98 Å². The standard InChI is InChI=1S/C28H31N2O2S/c1-6-30-20-9-7-8-10-21(20)33-25(30)18-15-17-16-19-23-22(24(17)32-26(18)31)28(4,5)12-14-29(23)13-11-27(19,2)3/h7-10,15-16H,6,11-14H2,1-5H3/q+1. The molecule has 0 radical (unpaired) electrons. The van der Waals surface area contributed by atoms with E-state index in [9.17, 15) is 4.79 Å². The predicted molar refractivity (Wildman–Crippen MR) is 137 cm³/mol. The second-order valence-corrected chi connectivity index (χ2v) is 11.9. The lowest BCUT2D eigenvalue weighted by molar-refractivity contribution is -0.653. The van der Waals surface area contributed by atoms with Gasteiger partial charge in [-0.2, -0.15) is 4.57 Å². The molecule has 4 nitrogen and oxygen atoms in total. The molecule has 6 rings (SSSR count). The summed E-state index contributed by atoms with van der Waals surface area (Å²) < 4.78 is 9.65. The fourth-order valence-electron chi connectivity index (χ4n) is 5.85. The molecule has 0 aliphatic carbocycles. The average Bonchev–Trinajstić information content (AvgIpc) is 3.15. The second-order valence-electron chi connectivity index (χ2n) is 10.9. The van der Waals surface area contributed by atoms with E-state index in [1.165, 1.54) is 21.5 Å². The van der Waals surface area contributed by atoms with Gasteiger partial charge in [-0.05, 0) is 54.4 Å². The Morgan fingerprint density at radius 2 is 1.79 bits per heavy atom. The van der Waals surface area contributed by atoms with Crippen molar-refractivity contribution in [2.24, 2.45) is 0 Å². The van der Waals surface area contributed by atoms with Crippen LogP contribution in [0.2, 0.25) is 0 Å². The highest BCUT2D eigenvalue weighted by Crippen LogP contribution is 2.51. The average molecular weight is 460 g/mol. The van der Waals surface area contributed by atoms with Gasteiger partial charge in [0, 0.05) is 35.8 Å². The van der Waals surface area contributed by atoms with Crippen molar-refractivity contribution >= 4 is 38.2 Å². The van der Waals surface area contributed by atoms with Gasteiger partial charge in [0.2, 0.25) is 5.52 Å². The van der Waals surface area contributed by atoms with Crippen LogP contribution >= 0.6 is 11.3 Å². The van der Waals surface area contributed by atoms with E-state index in [2.05, 4.69) is 80.5 Å². The van der Waals surface area contributed by atoms with Crippen molar-refractivity contribution in [3.8, 4) is 10.6 Å². The number of para-hydroxylation sites is 1. The molecule has 33 heavy (non-hydrogen) atoms. The first-order chi connectivity index (χ1) is 15.7. The van der Waals surface area contributed by atoms with E-state index in [-0.39, 0.29) is 16.5 Å². The molecule has 0 amide bonds. The maximum atomic E-state index is 13.5. The summed E-state index contributed by atoms with van der Waals surface area (Å²) in [6.07, 6.45) is 2.21. The van der Waals surface area contributed by atoms with Crippen LogP contribution in [0, 0.1) is 0 Å². The minimum atomic E-state index is -0.240. The van der Waals surface area contributed by atoms with Gasteiger partial charge in [0.05, 0.1) is 0 Å². The van der Waals surface area contributed by atoms with Crippen LogP contribution in [0.1, 0.15) is 58.6 Å². The second kappa shape index (κ2) is 6.92. The van der Waals surface area contributed by atoms with Gasteiger partial charge in [0.25, 0.3) is 5.01 Å². The summed E-state index contributed by atoms with van der Waals surface area (Å²) in [6.45, 7) is 14.4. The lowest BCUT2D eigenvalue weighted by atomic mass is 9.69. The minimum Gasteiger partial charge on any atom is -0.422 e. The van der Waals surface area contributed by atoms with E-state index in [1.807, 2.05) is 0 Å². The quantitative estimate of drug-likeness (QED) is 0.266. The molecule has 170 valence electrons. The van der Waals surface area contributed by atoms with E-state index in [0.717, 1.165) is 54.0 Å². The Bertz CT molecular complexity index is 1490. The van der Waals surface area contributed by atoms with Crippen LogP contribution in [0.4, 0.5) is 5.69 Å². The van der Waals surface area contributed by atoms with Crippen molar-refractivity contribution in [2.75, 3.05) is 18.0 Å². The summed E-state index contributed by atoms with van der Waals surface area (Å²) in [4.78, 5) is 16.0. The van der Waals surface area contributed by atoms with Gasteiger partial charge in [-0.1, -0.05) is 51.2 Å². The minimum absolute atomic E-state index is 0.0358. The van der Waals surface area contributed by atoms with Crippen molar-refractivity contribution in [1.82, 2.24) is 0 Å². The Morgan fingerprint density at radius 1 is 1.06 bits per heavy atom. The number of benzene rings is 2. The maximum Gasteiger partial charge on any atom is 0.351 e. The number of thiazole rings is 1. The van der Waals surface area contributed by atoms with E-state index in [4.69, 9.17) is 4.42 Å². The number of anilines is 1. The van der Waals surface area contributed by atoms with Crippen LogP contribution in [-0.2, 0) is 17.4 Å². The Kier molecular flexibility index (Phi) is 4.39. The first kappa shape index (κ1) is 20.9. The molecular formula is C28H31N2O2S+. The van der Waals surface area contributed by atoms with Crippen molar-refractivity contribution in [3.05, 3.63) is 57.9 Å². The molecule has 0 spiro atoms. The number of aromatic nitrogens is 1. The summed E-state index contributed by atoms with van der Waals surface area (Å²) in [5.41, 5.74) is 6.35. The Morgan fingerprint density at radius 3 is 2.55 bits per heavy atom. The Hall–Kier alpha value is -2.66. The van der Waals surface area contributed by atoms with Gasteiger partial charge >= 0.3 is 5.63 Å². The van der Waals surface area contributed by atoms with Gasteiger partial charge in [0.1, 0.15) is 22.4 Å². The topological polar surface area (TPSA) is 37.3 Å². The number of hydrogen-bond donors (Lipinski definition) is 0. The van der Waals surface area contributed by atoms with Gasteiger partial charge in [-0.3, -0.25) is 0 Å². The predicted octanol–water partition coefficient (Wildman–Crippen LogP) is 6.15. The monoisotopic (exact) mass is 459 g/mol.